The maximum absolute atomic E-state index is 12.6. The van der Waals surface area contributed by atoms with E-state index in [0.717, 1.165) is 6.08 Å². The molecule has 0 saturated heterocycles. The first-order valence-electron chi connectivity index (χ1n) is 2.69. The van der Waals surface area contributed by atoms with Crippen LogP contribution in [0.1, 0.15) is 0 Å². The Labute approximate surface area is 66.2 Å². The zero-order valence-electron chi connectivity index (χ0n) is 5.26. The minimum atomic E-state index is -1.15. The number of nitrogens with two attached hydrogens (primary N) is 1. The van der Waals surface area contributed by atoms with Crippen LogP contribution in [-0.2, 0) is 0 Å². The van der Waals surface area contributed by atoms with Crippen molar-refractivity contribution in [2.75, 3.05) is 0 Å². The summed E-state index contributed by atoms with van der Waals surface area (Å²) in [5.74, 6) is 2.50. The van der Waals surface area contributed by atoms with Gasteiger partial charge in [0.2, 0.25) is 11.8 Å². The van der Waals surface area contributed by atoms with Crippen LogP contribution < -0.4 is 5.84 Å². The van der Waals surface area contributed by atoms with Crippen molar-refractivity contribution in [1.82, 2.24) is 0 Å². The monoisotopic (exact) mass is 179 g/mol. The van der Waals surface area contributed by atoms with Crippen LogP contribution >= 0.6 is 11.6 Å². The van der Waals surface area contributed by atoms with E-state index >= 15 is 0 Å². The summed E-state index contributed by atoms with van der Waals surface area (Å²) in [4.78, 5) is 3.06. The van der Waals surface area contributed by atoms with Gasteiger partial charge in [-0.1, -0.05) is 0 Å². The number of hydrazone groups is 1. The third-order valence-electron chi connectivity index (χ3n) is 1.07. The minimum Gasteiger partial charge on any atom is -0.321 e. The smallest absolute Gasteiger partial charge is 0.213 e. The van der Waals surface area contributed by atoms with Crippen molar-refractivity contribution in [2.45, 2.75) is 5.38 Å². The van der Waals surface area contributed by atoms with E-state index in [0.29, 0.717) is 0 Å². The lowest BCUT2D eigenvalue weighted by atomic mass is 10.3. The van der Waals surface area contributed by atoms with E-state index in [1.54, 1.807) is 0 Å². The summed E-state index contributed by atoms with van der Waals surface area (Å²) in [5.41, 5.74) is 0. The van der Waals surface area contributed by atoms with Crippen molar-refractivity contribution < 1.29 is 8.78 Å². The number of amidine groups is 1. The molecule has 60 valence electrons. The lowest BCUT2D eigenvalue weighted by molar-refractivity contribution is 0.665. The second kappa shape index (κ2) is 2.96. The molecule has 11 heavy (non-hydrogen) atoms. The fourth-order valence-electron chi connectivity index (χ4n) is 0.579. The van der Waals surface area contributed by atoms with Gasteiger partial charge in [-0.2, -0.15) is 14.5 Å². The molecule has 0 bridgehead atoms. The zero-order valence-corrected chi connectivity index (χ0v) is 6.02. The molecule has 1 aliphatic rings. The molecule has 0 saturated carbocycles. The van der Waals surface area contributed by atoms with Crippen LogP contribution in [0.15, 0.2) is 22.0 Å². The first kappa shape index (κ1) is 8.13. The predicted molar refractivity (Wildman–Crippen MR) is 39.0 cm³/mol. The van der Waals surface area contributed by atoms with Crippen LogP contribution in [0.5, 0.6) is 0 Å². The standard InChI is InChI=1S/C5H4ClF2N3/c6-2-1-3(7)5(11-9)10-4(2)8/h1-2H,9H2/b11-5-. The Kier molecular flexibility index (Phi) is 2.19. The van der Waals surface area contributed by atoms with Gasteiger partial charge >= 0.3 is 0 Å². The highest BCUT2D eigenvalue weighted by Gasteiger charge is 2.20. The molecule has 0 aliphatic carbocycles. The number of allylic oxidation sites excluding steroid dienone is 1. The fourth-order valence-corrected chi connectivity index (χ4v) is 0.738. The van der Waals surface area contributed by atoms with Crippen LogP contribution in [0.3, 0.4) is 0 Å². The van der Waals surface area contributed by atoms with Crippen LogP contribution in [0.4, 0.5) is 8.78 Å². The molecule has 1 atom stereocenters. The molecule has 0 aromatic rings. The Hall–Kier alpha value is -0.970. The maximum Gasteiger partial charge on any atom is 0.213 e. The number of nitrogens with zero attached hydrogens (tertiary/aromatic N) is 2. The molecule has 1 aliphatic heterocycles. The number of dihydropyridines is 1. The number of rotatable bonds is 0. The molecular weight excluding hydrogens is 176 g/mol. The van der Waals surface area contributed by atoms with E-state index < -0.39 is 23.0 Å². The fraction of sp³-hybridized carbons (Fsp3) is 0.200. The Balaban J connectivity index is 2.98. The van der Waals surface area contributed by atoms with Gasteiger partial charge < -0.3 is 5.84 Å². The van der Waals surface area contributed by atoms with E-state index in [1.807, 2.05) is 0 Å². The third kappa shape index (κ3) is 1.54. The van der Waals surface area contributed by atoms with Crippen molar-refractivity contribution in [3.63, 3.8) is 0 Å². The van der Waals surface area contributed by atoms with E-state index in [9.17, 15) is 8.78 Å². The van der Waals surface area contributed by atoms with Gasteiger partial charge in [0, 0.05) is 0 Å². The molecular formula is C5H4ClF2N3. The number of hydrogen-bond donors (Lipinski definition) is 1. The molecule has 0 radical (unpaired) electrons. The maximum atomic E-state index is 12.6. The summed E-state index contributed by atoms with van der Waals surface area (Å²) in [7, 11) is 0. The van der Waals surface area contributed by atoms with Crippen molar-refractivity contribution in [2.24, 2.45) is 15.9 Å². The Morgan fingerprint density at radius 3 is 2.82 bits per heavy atom. The molecule has 0 aromatic carbocycles. The number of hydrogen-bond acceptors (Lipinski definition) is 2. The van der Waals surface area contributed by atoms with Crippen molar-refractivity contribution in [3.8, 4) is 0 Å². The minimum absolute atomic E-state index is 0.473. The molecule has 0 fully saturated rings. The normalized spacial score (nSPS) is 28.3. The van der Waals surface area contributed by atoms with E-state index in [-0.39, 0.29) is 0 Å². The van der Waals surface area contributed by atoms with Gasteiger partial charge in [0.25, 0.3) is 0 Å². The average Bonchev–Trinajstić information content (AvgIpc) is 1.97. The van der Waals surface area contributed by atoms with E-state index in [2.05, 4.69) is 10.1 Å². The average molecular weight is 180 g/mol. The zero-order chi connectivity index (χ0) is 8.43. The summed E-state index contributed by atoms with van der Waals surface area (Å²) in [6.07, 6.45) is 0.843. The second-order valence-electron chi connectivity index (χ2n) is 1.80. The molecule has 0 spiro atoms. The molecule has 0 amide bonds. The second-order valence-corrected chi connectivity index (χ2v) is 2.27. The SMILES string of the molecule is N/N=C1\N=C(F)C(Cl)C=C1F. The first-order valence-corrected chi connectivity index (χ1v) is 3.12. The summed E-state index contributed by atoms with van der Waals surface area (Å²) < 4.78 is 25.0. The summed E-state index contributed by atoms with van der Waals surface area (Å²) in [5, 5.41) is 1.75. The van der Waals surface area contributed by atoms with Gasteiger partial charge in [0.15, 0.2) is 5.83 Å². The lowest BCUT2D eigenvalue weighted by Gasteiger charge is -2.06. The third-order valence-corrected chi connectivity index (χ3v) is 1.37. The highest BCUT2D eigenvalue weighted by molar-refractivity contribution is 6.34. The van der Waals surface area contributed by atoms with Gasteiger partial charge in [0.05, 0.1) is 0 Å². The van der Waals surface area contributed by atoms with Gasteiger partial charge in [-0.25, -0.2) is 4.39 Å². The first-order chi connectivity index (χ1) is 5.15. The molecule has 3 nitrogen and oxygen atoms in total. The van der Waals surface area contributed by atoms with Crippen LogP contribution in [-0.4, -0.2) is 17.2 Å². The molecule has 0 aromatic heterocycles. The summed E-state index contributed by atoms with van der Waals surface area (Å²) in [6.45, 7) is 0. The lowest BCUT2D eigenvalue weighted by Crippen LogP contribution is -2.17. The van der Waals surface area contributed by atoms with E-state index in [4.69, 9.17) is 17.4 Å². The number of alkyl halides is 1. The highest BCUT2D eigenvalue weighted by atomic mass is 35.5. The van der Waals surface area contributed by atoms with Crippen LogP contribution in [0.25, 0.3) is 0 Å². The van der Waals surface area contributed by atoms with Gasteiger partial charge in [-0.15, -0.1) is 11.6 Å². The van der Waals surface area contributed by atoms with E-state index in [1.165, 1.54) is 0 Å². The number of halogens is 3. The van der Waals surface area contributed by atoms with Crippen LogP contribution in [0, 0.1) is 0 Å². The molecule has 2 N–H and O–H groups in total. The molecule has 1 unspecified atom stereocenters. The Morgan fingerprint density at radius 2 is 2.27 bits per heavy atom. The number of aliphatic imine (C=N–C) groups is 1. The largest absolute Gasteiger partial charge is 0.321 e. The Morgan fingerprint density at radius 1 is 1.64 bits per heavy atom. The van der Waals surface area contributed by atoms with Crippen molar-refractivity contribution in [1.29, 1.82) is 0 Å². The highest BCUT2D eigenvalue weighted by Crippen LogP contribution is 2.15. The predicted octanol–water partition coefficient (Wildman–Crippen LogP) is 1.10. The van der Waals surface area contributed by atoms with Gasteiger partial charge in [-0.3, -0.25) is 0 Å². The summed E-state index contributed by atoms with van der Waals surface area (Å²) >= 11 is 5.27. The van der Waals surface area contributed by atoms with Crippen LogP contribution in [0.2, 0.25) is 0 Å². The van der Waals surface area contributed by atoms with Gasteiger partial charge in [0.1, 0.15) is 5.38 Å². The topological polar surface area (TPSA) is 50.7 Å². The molecule has 1 rings (SSSR count). The quantitative estimate of drug-likeness (QED) is 0.338. The van der Waals surface area contributed by atoms with Crippen molar-refractivity contribution >= 4 is 23.4 Å². The summed E-state index contributed by atoms with van der Waals surface area (Å²) in [6, 6.07) is 0. The molecule has 1 heterocycles. The molecule has 6 heteroatoms. The van der Waals surface area contributed by atoms with Crippen molar-refractivity contribution in [3.05, 3.63) is 11.9 Å². The van der Waals surface area contributed by atoms with Gasteiger partial charge in [-0.05, 0) is 6.08 Å². The Bertz CT molecular complexity index is 258.